The third-order valence-electron chi connectivity index (χ3n) is 7.01. The Bertz CT molecular complexity index is 1600. The standard InChI is InChI=1S/C30H41N4O9PS/c1-21(2)19-34(45(41,42)27-14-12-25(31)13-15-27)26(20-43-44(38,39)40)9-5-6-16-32-29(35)28(33-30(36)37)18-22-10-11-23-7-3-4-8-24(23)17-22/h3-4,7-8,10-15,17,21,26,28,33H,5-6,9,16,18-20,31H2,1-2H3,(H,32,35)(H,36,37)(H2,38,39,40)/t26-,28-/m0/s1. The molecule has 0 aliphatic heterocycles. The van der Waals surface area contributed by atoms with E-state index in [-0.39, 0.29) is 36.7 Å². The van der Waals surface area contributed by atoms with Crippen LogP contribution in [0.1, 0.15) is 38.7 Å². The average molecular weight is 665 g/mol. The van der Waals surface area contributed by atoms with E-state index in [2.05, 4.69) is 10.6 Å². The molecule has 0 fully saturated rings. The number of sulfonamides is 1. The number of phosphoric acid groups is 1. The van der Waals surface area contributed by atoms with Crippen LogP contribution in [0.15, 0.2) is 71.6 Å². The van der Waals surface area contributed by atoms with Crippen molar-refractivity contribution < 1.29 is 42.0 Å². The van der Waals surface area contributed by atoms with Crippen LogP contribution in [-0.2, 0) is 30.3 Å². The number of carbonyl (C=O) groups excluding carboxylic acids is 1. The molecular weight excluding hydrogens is 623 g/mol. The predicted octanol–water partition coefficient (Wildman–Crippen LogP) is 3.71. The fraction of sp³-hybridized carbons (Fsp3) is 0.400. The predicted molar refractivity (Wildman–Crippen MR) is 171 cm³/mol. The summed E-state index contributed by atoms with van der Waals surface area (Å²) in [6.07, 6.45) is -0.284. The van der Waals surface area contributed by atoms with Crippen LogP contribution in [0, 0.1) is 5.92 Å². The zero-order valence-electron chi connectivity index (χ0n) is 25.2. The second kappa shape index (κ2) is 16.2. The number of nitrogen functional groups attached to an aromatic ring is 1. The quantitative estimate of drug-likeness (QED) is 0.0700. The van der Waals surface area contributed by atoms with Crippen LogP contribution >= 0.6 is 7.82 Å². The third kappa shape index (κ3) is 11.4. The summed E-state index contributed by atoms with van der Waals surface area (Å²) in [4.78, 5) is 43.0. The third-order valence-corrected chi connectivity index (χ3v) is 9.42. The molecule has 0 aromatic heterocycles. The lowest BCUT2D eigenvalue weighted by Crippen LogP contribution is -2.48. The van der Waals surface area contributed by atoms with Crippen LogP contribution in [-0.4, -0.2) is 71.4 Å². The van der Waals surface area contributed by atoms with Crippen molar-refractivity contribution in [2.45, 2.75) is 56.5 Å². The summed E-state index contributed by atoms with van der Waals surface area (Å²) in [5, 5.41) is 16.3. The number of anilines is 1. The summed E-state index contributed by atoms with van der Waals surface area (Å²) in [6, 6.07) is 17.0. The minimum atomic E-state index is -4.90. The molecule has 0 saturated carbocycles. The summed E-state index contributed by atoms with van der Waals surface area (Å²) >= 11 is 0. The van der Waals surface area contributed by atoms with Gasteiger partial charge in [-0.2, -0.15) is 4.31 Å². The van der Waals surface area contributed by atoms with Crippen molar-refractivity contribution in [3.05, 3.63) is 72.3 Å². The van der Waals surface area contributed by atoms with Gasteiger partial charge in [-0.1, -0.05) is 62.7 Å². The number of fused-ring (bicyclic) bond motifs is 1. The Balaban J connectivity index is 1.67. The first-order valence-corrected chi connectivity index (χ1v) is 17.4. The van der Waals surface area contributed by atoms with Gasteiger partial charge in [0.2, 0.25) is 15.9 Å². The number of hydrogen-bond acceptors (Lipinski definition) is 7. The van der Waals surface area contributed by atoms with Gasteiger partial charge in [0.05, 0.1) is 11.5 Å². The number of phosphoric ester groups is 1. The van der Waals surface area contributed by atoms with Crippen LogP contribution < -0.4 is 16.4 Å². The van der Waals surface area contributed by atoms with E-state index in [1.165, 1.54) is 28.6 Å². The van der Waals surface area contributed by atoms with E-state index in [0.29, 0.717) is 18.5 Å². The number of rotatable bonds is 17. The summed E-state index contributed by atoms with van der Waals surface area (Å²) in [5.74, 6) is -0.633. The van der Waals surface area contributed by atoms with Gasteiger partial charge in [-0.05, 0) is 59.4 Å². The molecule has 0 aliphatic carbocycles. The van der Waals surface area contributed by atoms with Crippen molar-refractivity contribution in [1.82, 2.24) is 14.9 Å². The van der Waals surface area contributed by atoms with Crippen molar-refractivity contribution >= 4 is 46.3 Å². The van der Waals surface area contributed by atoms with Crippen LogP contribution in [0.3, 0.4) is 0 Å². The molecule has 15 heteroatoms. The van der Waals surface area contributed by atoms with Crippen molar-refractivity contribution in [2.75, 3.05) is 25.4 Å². The monoisotopic (exact) mass is 664 g/mol. The van der Waals surface area contributed by atoms with Gasteiger partial charge >= 0.3 is 13.9 Å². The number of nitrogens with zero attached hydrogens (tertiary/aromatic N) is 1. The molecule has 3 rings (SSSR count). The fourth-order valence-corrected chi connectivity index (χ4v) is 7.04. The zero-order chi connectivity index (χ0) is 33.2. The van der Waals surface area contributed by atoms with E-state index in [9.17, 15) is 37.5 Å². The lowest BCUT2D eigenvalue weighted by atomic mass is 10.0. The summed E-state index contributed by atoms with van der Waals surface area (Å²) in [7, 11) is -8.99. The average Bonchev–Trinajstić information content (AvgIpc) is 2.96. The van der Waals surface area contributed by atoms with Crippen molar-refractivity contribution in [1.29, 1.82) is 0 Å². The molecule has 3 aromatic rings. The van der Waals surface area contributed by atoms with Gasteiger partial charge in [0, 0.05) is 31.2 Å². The van der Waals surface area contributed by atoms with E-state index < -0.39 is 48.5 Å². The van der Waals surface area contributed by atoms with Crippen molar-refractivity contribution in [3.63, 3.8) is 0 Å². The number of nitrogens with one attached hydrogen (secondary N) is 2. The van der Waals surface area contributed by atoms with Crippen LogP contribution in [0.5, 0.6) is 0 Å². The fourth-order valence-electron chi connectivity index (χ4n) is 4.87. The maximum absolute atomic E-state index is 13.6. The largest absolute Gasteiger partial charge is 0.469 e. The number of nitrogens with two attached hydrogens (primary N) is 1. The summed E-state index contributed by atoms with van der Waals surface area (Å²) in [5.41, 5.74) is 6.88. The Morgan fingerprint density at radius 1 is 1.00 bits per heavy atom. The maximum atomic E-state index is 13.6. The molecule has 0 bridgehead atoms. The van der Waals surface area contributed by atoms with Crippen LogP contribution in [0.25, 0.3) is 10.8 Å². The van der Waals surface area contributed by atoms with E-state index >= 15 is 0 Å². The Labute approximate surface area is 263 Å². The molecule has 0 spiro atoms. The van der Waals surface area contributed by atoms with Gasteiger partial charge in [0.25, 0.3) is 0 Å². The SMILES string of the molecule is CC(C)CN([C@@H](CCCCNC(=O)[C@H](Cc1ccc2ccccc2c1)NC(=O)O)COP(=O)(O)O)S(=O)(=O)c1ccc(N)cc1. The minimum absolute atomic E-state index is 0.0193. The Hall–Kier alpha value is -3.52. The minimum Gasteiger partial charge on any atom is -0.465 e. The van der Waals surface area contributed by atoms with Gasteiger partial charge in [-0.25, -0.2) is 17.8 Å². The van der Waals surface area contributed by atoms with E-state index in [1.54, 1.807) is 0 Å². The molecule has 7 N–H and O–H groups in total. The normalized spacial score (nSPS) is 13.6. The van der Waals surface area contributed by atoms with E-state index in [4.69, 9.17) is 10.3 Å². The summed E-state index contributed by atoms with van der Waals surface area (Å²) < 4.78 is 44.7. The lowest BCUT2D eigenvalue weighted by molar-refractivity contribution is -0.123. The summed E-state index contributed by atoms with van der Waals surface area (Å²) in [6.45, 7) is 3.32. The van der Waals surface area contributed by atoms with E-state index in [0.717, 1.165) is 16.3 Å². The zero-order valence-corrected chi connectivity index (χ0v) is 26.9. The first kappa shape index (κ1) is 36.0. The maximum Gasteiger partial charge on any atom is 0.469 e. The second-order valence-electron chi connectivity index (χ2n) is 11.2. The first-order valence-electron chi connectivity index (χ1n) is 14.5. The van der Waals surface area contributed by atoms with Gasteiger partial charge in [-0.15, -0.1) is 0 Å². The molecule has 0 heterocycles. The number of hydrogen-bond donors (Lipinski definition) is 6. The highest BCUT2D eigenvalue weighted by atomic mass is 32.2. The molecule has 246 valence electrons. The topological polar surface area (TPSA) is 209 Å². The molecule has 45 heavy (non-hydrogen) atoms. The highest BCUT2D eigenvalue weighted by Crippen LogP contribution is 2.37. The molecule has 2 atom stereocenters. The number of amides is 2. The van der Waals surface area contributed by atoms with E-state index in [1.807, 2.05) is 56.3 Å². The number of carbonyl (C=O) groups is 2. The molecule has 0 saturated heterocycles. The lowest BCUT2D eigenvalue weighted by Gasteiger charge is -2.32. The van der Waals surface area contributed by atoms with Gasteiger partial charge < -0.3 is 31.3 Å². The molecule has 2 amide bonds. The second-order valence-corrected chi connectivity index (χ2v) is 14.3. The number of unbranched alkanes of at least 4 members (excludes halogenated alkanes) is 1. The molecule has 3 aromatic carbocycles. The Morgan fingerprint density at radius 3 is 2.29 bits per heavy atom. The molecule has 13 nitrogen and oxygen atoms in total. The van der Waals surface area contributed by atoms with Crippen molar-refractivity contribution in [2.24, 2.45) is 5.92 Å². The highest BCUT2D eigenvalue weighted by Gasteiger charge is 2.33. The van der Waals surface area contributed by atoms with Gasteiger partial charge in [0.15, 0.2) is 0 Å². The Morgan fingerprint density at radius 2 is 1.67 bits per heavy atom. The van der Waals surface area contributed by atoms with Crippen molar-refractivity contribution in [3.8, 4) is 0 Å². The van der Waals surface area contributed by atoms with Crippen LogP contribution in [0.4, 0.5) is 10.5 Å². The smallest absolute Gasteiger partial charge is 0.465 e. The molecule has 0 unspecified atom stereocenters. The Kier molecular flexibility index (Phi) is 12.9. The van der Waals surface area contributed by atoms with Crippen LogP contribution in [0.2, 0.25) is 0 Å². The number of carboxylic acid groups (broad SMARTS) is 1. The highest BCUT2D eigenvalue weighted by molar-refractivity contribution is 7.89. The molecule has 0 aliphatic rings. The molecule has 0 radical (unpaired) electrons. The number of benzene rings is 3. The van der Waals surface area contributed by atoms with Gasteiger partial charge in [0.1, 0.15) is 6.04 Å². The first-order chi connectivity index (χ1) is 21.2. The molecular formula is C30H41N4O9PS. The van der Waals surface area contributed by atoms with Gasteiger partial charge in [-0.3, -0.25) is 9.32 Å².